The van der Waals surface area contributed by atoms with Crippen LogP contribution in [0, 0.1) is 6.92 Å². The van der Waals surface area contributed by atoms with Gasteiger partial charge in [0.1, 0.15) is 0 Å². The molecule has 2 rings (SSSR count). The van der Waals surface area contributed by atoms with Crippen molar-refractivity contribution in [1.82, 2.24) is 9.78 Å². The van der Waals surface area contributed by atoms with Crippen molar-refractivity contribution >= 4 is 27.5 Å². The van der Waals surface area contributed by atoms with Gasteiger partial charge in [-0.05, 0) is 47.5 Å². The number of benzene rings is 1. The van der Waals surface area contributed by atoms with E-state index < -0.39 is 6.10 Å². The van der Waals surface area contributed by atoms with E-state index in [0.29, 0.717) is 11.4 Å². The smallest absolute Gasteiger partial charge is 0.0846 e. The molecule has 0 bridgehead atoms. The molecule has 2 aromatic rings. The number of nitrogens with zero attached hydrogens (tertiary/aromatic N) is 2. The topological polar surface area (TPSA) is 38.0 Å². The van der Waals surface area contributed by atoms with Crippen LogP contribution >= 0.6 is 27.5 Å². The molecule has 0 aliphatic carbocycles. The molecule has 0 radical (unpaired) electrons. The maximum Gasteiger partial charge on any atom is 0.0846 e. The van der Waals surface area contributed by atoms with E-state index in [4.69, 9.17) is 11.6 Å². The lowest BCUT2D eigenvalue weighted by Crippen LogP contribution is -2.09. The van der Waals surface area contributed by atoms with Gasteiger partial charge >= 0.3 is 0 Å². The number of aryl methyl sites for hydroxylation is 2. The summed E-state index contributed by atoms with van der Waals surface area (Å²) in [5.74, 6) is 0. The van der Waals surface area contributed by atoms with Crippen molar-refractivity contribution in [1.29, 1.82) is 0 Å². The standard InChI is InChI=1S/C14H16BrClN2O/c1-3-18-12(14(15)9(2)17-18)8-13(19)10-5-4-6-11(16)7-10/h4-7,13,19H,3,8H2,1-2H3. The first-order valence-corrected chi connectivity index (χ1v) is 7.35. The van der Waals surface area contributed by atoms with Gasteiger partial charge in [0.25, 0.3) is 0 Å². The second kappa shape index (κ2) is 6.07. The zero-order valence-electron chi connectivity index (χ0n) is 10.9. The van der Waals surface area contributed by atoms with Gasteiger partial charge < -0.3 is 5.11 Å². The molecule has 1 heterocycles. The largest absolute Gasteiger partial charge is 0.388 e. The molecular formula is C14H16BrClN2O. The minimum absolute atomic E-state index is 0.510. The van der Waals surface area contributed by atoms with E-state index in [1.807, 2.05) is 30.7 Å². The van der Waals surface area contributed by atoms with Crippen molar-refractivity contribution in [2.45, 2.75) is 32.9 Å². The summed E-state index contributed by atoms with van der Waals surface area (Å²) in [5.41, 5.74) is 2.77. The third-order valence-corrected chi connectivity index (χ3v) is 4.34. The van der Waals surface area contributed by atoms with E-state index in [1.165, 1.54) is 0 Å². The van der Waals surface area contributed by atoms with Gasteiger partial charge in [-0.15, -0.1) is 0 Å². The number of aliphatic hydroxyl groups is 1. The molecule has 102 valence electrons. The minimum atomic E-state index is -0.587. The number of hydrogen-bond donors (Lipinski definition) is 1. The number of aliphatic hydroxyl groups excluding tert-OH is 1. The van der Waals surface area contributed by atoms with E-state index in [9.17, 15) is 5.11 Å². The van der Waals surface area contributed by atoms with Crippen LogP contribution in [0.5, 0.6) is 0 Å². The fourth-order valence-electron chi connectivity index (χ4n) is 2.08. The third-order valence-electron chi connectivity index (χ3n) is 3.07. The predicted molar refractivity (Wildman–Crippen MR) is 80.5 cm³/mol. The minimum Gasteiger partial charge on any atom is -0.388 e. The van der Waals surface area contributed by atoms with Crippen LogP contribution < -0.4 is 0 Å². The number of halogens is 2. The van der Waals surface area contributed by atoms with E-state index in [-0.39, 0.29) is 0 Å². The maximum atomic E-state index is 10.3. The molecule has 0 saturated carbocycles. The van der Waals surface area contributed by atoms with Crippen molar-refractivity contribution in [2.75, 3.05) is 0 Å². The first-order valence-electron chi connectivity index (χ1n) is 6.18. The molecule has 1 atom stereocenters. The van der Waals surface area contributed by atoms with Gasteiger partial charge in [0.05, 0.1) is 22.0 Å². The lowest BCUT2D eigenvalue weighted by Gasteiger charge is -2.13. The SMILES string of the molecule is CCn1nc(C)c(Br)c1CC(O)c1cccc(Cl)c1. The van der Waals surface area contributed by atoms with Crippen LogP contribution in [0.1, 0.15) is 30.0 Å². The highest BCUT2D eigenvalue weighted by atomic mass is 79.9. The summed E-state index contributed by atoms with van der Waals surface area (Å²) in [4.78, 5) is 0. The van der Waals surface area contributed by atoms with Gasteiger partial charge in [0.2, 0.25) is 0 Å². The number of aromatic nitrogens is 2. The van der Waals surface area contributed by atoms with Crippen LogP contribution in [0.2, 0.25) is 5.02 Å². The lowest BCUT2D eigenvalue weighted by atomic mass is 10.0. The highest BCUT2D eigenvalue weighted by molar-refractivity contribution is 9.10. The maximum absolute atomic E-state index is 10.3. The molecule has 0 aliphatic rings. The Bertz CT molecular complexity index is 583. The Morgan fingerprint density at radius 3 is 2.84 bits per heavy atom. The van der Waals surface area contributed by atoms with E-state index >= 15 is 0 Å². The summed E-state index contributed by atoms with van der Waals surface area (Å²) in [6, 6.07) is 7.32. The average molecular weight is 344 g/mol. The monoisotopic (exact) mass is 342 g/mol. The first kappa shape index (κ1) is 14.6. The third kappa shape index (κ3) is 3.19. The Labute approximate surface area is 126 Å². The molecule has 0 amide bonds. The van der Waals surface area contributed by atoms with Crippen LogP contribution in [0.4, 0.5) is 0 Å². The van der Waals surface area contributed by atoms with Gasteiger partial charge in [-0.2, -0.15) is 5.10 Å². The van der Waals surface area contributed by atoms with Gasteiger partial charge in [0, 0.05) is 18.0 Å². The fourth-order valence-corrected chi connectivity index (χ4v) is 2.72. The van der Waals surface area contributed by atoms with Gasteiger partial charge in [-0.3, -0.25) is 4.68 Å². The van der Waals surface area contributed by atoms with Crippen molar-refractivity contribution in [3.05, 3.63) is 50.7 Å². The Morgan fingerprint density at radius 2 is 2.21 bits per heavy atom. The van der Waals surface area contributed by atoms with E-state index in [0.717, 1.165) is 28.0 Å². The van der Waals surface area contributed by atoms with Crippen LogP contribution in [-0.2, 0) is 13.0 Å². The number of rotatable bonds is 4. The normalized spacial score (nSPS) is 12.7. The number of hydrogen-bond acceptors (Lipinski definition) is 2. The molecule has 1 aromatic carbocycles. The lowest BCUT2D eigenvalue weighted by molar-refractivity contribution is 0.175. The quantitative estimate of drug-likeness (QED) is 0.914. The fraction of sp³-hybridized carbons (Fsp3) is 0.357. The Hall–Kier alpha value is -0.840. The van der Waals surface area contributed by atoms with E-state index in [2.05, 4.69) is 21.0 Å². The van der Waals surface area contributed by atoms with Gasteiger partial charge in [0.15, 0.2) is 0 Å². The second-order valence-electron chi connectivity index (χ2n) is 4.44. The summed E-state index contributed by atoms with van der Waals surface area (Å²) in [7, 11) is 0. The molecular weight excluding hydrogens is 328 g/mol. The molecule has 0 saturated heterocycles. The Kier molecular flexibility index (Phi) is 4.66. The van der Waals surface area contributed by atoms with Gasteiger partial charge in [-0.25, -0.2) is 0 Å². The van der Waals surface area contributed by atoms with Crippen molar-refractivity contribution in [2.24, 2.45) is 0 Å². The average Bonchev–Trinajstić information content (AvgIpc) is 2.66. The van der Waals surface area contributed by atoms with Crippen molar-refractivity contribution < 1.29 is 5.11 Å². The van der Waals surface area contributed by atoms with Gasteiger partial charge in [-0.1, -0.05) is 23.7 Å². The summed E-state index contributed by atoms with van der Waals surface area (Å²) < 4.78 is 2.88. The summed E-state index contributed by atoms with van der Waals surface area (Å²) >= 11 is 9.48. The Balaban J connectivity index is 2.26. The van der Waals surface area contributed by atoms with Crippen LogP contribution in [0.15, 0.2) is 28.7 Å². The molecule has 0 spiro atoms. The summed E-state index contributed by atoms with van der Waals surface area (Å²) in [6.07, 6.45) is -0.0771. The highest BCUT2D eigenvalue weighted by Gasteiger charge is 2.17. The van der Waals surface area contributed by atoms with Crippen molar-refractivity contribution in [3.8, 4) is 0 Å². The molecule has 19 heavy (non-hydrogen) atoms. The first-order chi connectivity index (χ1) is 9.02. The van der Waals surface area contributed by atoms with Crippen LogP contribution in [-0.4, -0.2) is 14.9 Å². The van der Waals surface area contributed by atoms with E-state index in [1.54, 1.807) is 12.1 Å². The van der Waals surface area contributed by atoms with Crippen LogP contribution in [0.25, 0.3) is 0 Å². The predicted octanol–water partition coefficient (Wildman–Crippen LogP) is 3.90. The molecule has 3 nitrogen and oxygen atoms in total. The zero-order valence-corrected chi connectivity index (χ0v) is 13.2. The van der Waals surface area contributed by atoms with Crippen molar-refractivity contribution in [3.63, 3.8) is 0 Å². The molecule has 1 N–H and O–H groups in total. The second-order valence-corrected chi connectivity index (χ2v) is 5.67. The zero-order chi connectivity index (χ0) is 14.0. The summed E-state index contributed by atoms with van der Waals surface area (Å²) in [5, 5.41) is 15.4. The molecule has 5 heteroatoms. The molecule has 0 fully saturated rings. The molecule has 0 aliphatic heterocycles. The summed E-state index contributed by atoms with van der Waals surface area (Å²) in [6.45, 7) is 4.77. The highest BCUT2D eigenvalue weighted by Crippen LogP contribution is 2.27. The Morgan fingerprint density at radius 1 is 1.47 bits per heavy atom. The molecule has 1 unspecified atom stereocenters. The molecule has 1 aromatic heterocycles. The van der Waals surface area contributed by atoms with Crippen LogP contribution in [0.3, 0.4) is 0 Å².